The van der Waals surface area contributed by atoms with E-state index in [4.69, 9.17) is 9.47 Å². The van der Waals surface area contributed by atoms with Gasteiger partial charge in [-0.05, 0) is 53.4 Å². The molecule has 8 nitrogen and oxygen atoms in total. The van der Waals surface area contributed by atoms with E-state index in [1.807, 2.05) is 26.8 Å². The Morgan fingerprint density at radius 3 is 2.15 bits per heavy atom. The molecule has 1 heterocycles. The highest BCUT2D eigenvalue weighted by molar-refractivity contribution is 6.51. The van der Waals surface area contributed by atoms with Gasteiger partial charge in [-0.3, -0.25) is 19.3 Å². The first-order valence-corrected chi connectivity index (χ1v) is 12.5. The molecule has 8 heteroatoms. The van der Waals surface area contributed by atoms with Crippen LogP contribution in [0.2, 0.25) is 0 Å². The second-order valence-electron chi connectivity index (χ2n) is 10.3. The number of hydrogen-bond acceptors (Lipinski definition) is 6. The second kappa shape index (κ2) is 10.6. The minimum Gasteiger partial charge on any atom is -0.507 e. The monoisotopic (exact) mass is 528 g/mol. The molecule has 3 aromatic carbocycles. The van der Waals surface area contributed by atoms with Crippen LogP contribution < -0.4 is 19.7 Å². The van der Waals surface area contributed by atoms with Crippen molar-refractivity contribution in [3.63, 3.8) is 0 Å². The van der Waals surface area contributed by atoms with Gasteiger partial charge in [0.15, 0.2) is 0 Å². The fourth-order valence-corrected chi connectivity index (χ4v) is 4.70. The molecule has 1 aliphatic heterocycles. The zero-order valence-corrected chi connectivity index (χ0v) is 22.9. The maximum atomic E-state index is 13.6. The Bertz CT molecular complexity index is 1470. The maximum absolute atomic E-state index is 13.6. The first-order valence-electron chi connectivity index (χ1n) is 12.5. The van der Waals surface area contributed by atoms with Crippen molar-refractivity contribution < 1.29 is 29.0 Å². The van der Waals surface area contributed by atoms with E-state index in [1.54, 1.807) is 60.7 Å². The average Bonchev–Trinajstić information content (AvgIpc) is 3.17. The van der Waals surface area contributed by atoms with Crippen LogP contribution in [0.3, 0.4) is 0 Å². The lowest BCUT2D eigenvalue weighted by atomic mass is 9.85. The lowest BCUT2D eigenvalue weighted by Crippen LogP contribution is -2.29. The third-order valence-electron chi connectivity index (χ3n) is 6.66. The number of rotatable bonds is 6. The molecule has 39 heavy (non-hydrogen) atoms. The fraction of sp³-hybridized carbons (Fsp3) is 0.258. The molecule has 0 bridgehead atoms. The van der Waals surface area contributed by atoms with E-state index >= 15 is 0 Å². The van der Waals surface area contributed by atoms with E-state index in [0.717, 1.165) is 5.56 Å². The Morgan fingerprint density at radius 1 is 0.923 bits per heavy atom. The fourth-order valence-electron chi connectivity index (χ4n) is 4.70. The summed E-state index contributed by atoms with van der Waals surface area (Å²) in [5.41, 5.74) is 2.38. The van der Waals surface area contributed by atoms with Crippen LogP contribution in [0.1, 0.15) is 50.4 Å². The molecule has 1 unspecified atom stereocenters. The number of ether oxygens (including phenoxy) is 2. The van der Waals surface area contributed by atoms with Gasteiger partial charge in [-0.25, -0.2) is 0 Å². The molecule has 2 amide bonds. The zero-order chi connectivity index (χ0) is 28.5. The first-order chi connectivity index (χ1) is 18.5. The number of nitrogens with one attached hydrogen (secondary N) is 1. The van der Waals surface area contributed by atoms with Gasteiger partial charge in [0.05, 0.1) is 31.4 Å². The number of ketones is 1. The maximum Gasteiger partial charge on any atom is 0.300 e. The minimum absolute atomic E-state index is 0.0835. The number of anilines is 2. The Balaban J connectivity index is 1.98. The van der Waals surface area contributed by atoms with E-state index in [-0.39, 0.29) is 22.7 Å². The number of benzene rings is 3. The molecule has 1 atom stereocenters. The summed E-state index contributed by atoms with van der Waals surface area (Å²) in [6.45, 7) is 7.52. The van der Waals surface area contributed by atoms with E-state index < -0.39 is 17.7 Å². The summed E-state index contributed by atoms with van der Waals surface area (Å²) in [6.07, 6.45) is 0. The van der Waals surface area contributed by atoms with E-state index in [9.17, 15) is 19.5 Å². The number of nitrogens with zero attached hydrogens (tertiary/aromatic N) is 1. The Kier molecular flexibility index (Phi) is 7.49. The lowest BCUT2D eigenvalue weighted by Gasteiger charge is -2.27. The molecule has 0 spiro atoms. The molecule has 4 rings (SSSR count). The van der Waals surface area contributed by atoms with Crippen LogP contribution in [0.5, 0.6) is 11.5 Å². The number of carbonyl (C=O) groups is 3. The normalized spacial score (nSPS) is 16.8. The average molecular weight is 529 g/mol. The number of amides is 2. The van der Waals surface area contributed by atoms with Gasteiger partial charge in [0.25, 0.3) is 11.7 Å². The SMILES string of the molecule is COc1ccc(C(C)(C)C)cc1/C(O)=C1\C(=O)C(=O)N(c2ccc(NC(C)=O)cc2)C1c1ccccc1OC. The third kappa shape index (κ3) is 5.23. The molecule has 1 fully saturated rings. The van der Waals surface area contributed by atoms with Crippen molar-refractivity contribution in [2.24, 2.45) is 0 Å². The summed E-state index contributed by atoms with van der Waals surface area (Å²) in [6, 6.07) is 18.0. The van der Waals surface area contributed by atoms with Crippen LogP contribution in [0.4, 0.5) is 11.4 Å². The summed E-state index contributed by atoms with van der Waals surface area (Å²) >= 11 is 0. The largest absolute Gasteiger partial charge is 0.507 e. The van der Waals surface area contributed by atoms with Gasteiger partial charge in [-0.1, -0.05) is 45.0 Å². The number of para-hydroxylation sites is 1. The van der Waals surface area contributed by atoms with Crippen LogP contribution in [0.25, 0.3) is 5.76 Å². The van der Waals surface area contributed by atoms with Crippen LogP contribution in [-0.2, 0) is 19.8 Å². The molecule has 3 aromatic rings. The number of aliphatic hydroxyl groups excluding tert-OH is 1. The molecule has 1 aliphatic rings. The Morgan fingerprint density at radius 2 is 1.56 bits per heavy atom. The van der Waals surface area contributed by atoms with Crippen molar-refractivity contribution >= 4 is 34.7 Å². The quantitative estimate of drug-likeness (QED) is 0.246. The summed E-state index contributed by atoms with van der Waals surface area (Å²) in [5, 5.41) is 14.4. The van der Waals surface area contributed by atoms with Gasteiger partial charge >= 0.3 is 0 Å². The number of methoxy groups -OCH3 is 2. The molecule has 0 aliphatic carbocycles. The number of hydrogen-bond donors (Lipinski definition) is 2. The van der Waals surface area contributed by atoms with Crippen LogP contribution in [0.15, 0.2) is 72.3 Å². The zero-order valence-electron chi connectivity index (χ0n) is 22.9. The number of carbonyl (C=O) groups excluding carboxylic acids is 3. The molecule has 202 valence electrons. The molecular formula is C31H32N2O6. The van der Waals surface area contributed by atoms with Crippen LogP contribution in [0, 0.1) is 0 Å². The van der Waals surface area contributed by atoms with E-state index in [2.05, 4.69) is 5.32 Å². The molecule has 1 saturated heterocycles. The summed E-state index contributed by atoms with van der Waals surface area (Å²) in [5.74, 6) is -1.40. The summed E-state index contributed by atoms with van der Waals surface area (Å²) < 4.78 is 11.1. The molecule has 0 saturated carbocycles. The topological polar surface area (TPSA) is 105 Å². The van der Waals surface area contributed by atoms with Gasteiger partial charge in [-0.15, -0.1) is 0 Å². The summed E-state index contributed by atoms with van der Waals surface area (Å²) in [4.78, 5) is 40.0. The number of Topliss-reactive ketones (excluding diaryl/α,β-unsaturated/α-hetero) is 1. The van der Waals surface area contributed by atoms with Crippen molar-refractivity contribution in [2.45, 2.75) is 39.2 Å². The highest BCUT2D eigenvalue weighted by Crippen LogP contribution is 2.46. The highest BCUT2D eigenvalue weighted by Gasteiger charge is 2.48. The molecular weight excluding hydrogens is 496 g/mol. The predicted molar refractivity (Wildman–Crippen MR) is 150 cm³/mol. The highest BCUT2D eigenvalue weighted by atomic mass is 16.5. The van der Waals surface area contributed by atoms with E-state index in [1.165, 1.54) is 26.0 Å². The van der Waals surface area contributed by atoms with Crippen molar-refractivity contribution in [1.29, 1.82) is 0 Å². The lowest BCUT2D eigenvalue weighted by molar-refractivity contribution is -0.132. The third-order valence-corrected chi connectivity index (χ3v) is 6.66. The minimum atomic E-state index is -0.990. The standard InChI is InChI=1S/C31H32N2O6/c1-18(34)32-20-12-14-21(15-13-20)33-27(22-9-7-8-10-24(22)38-5)26(29(36)30(33)37)28(35)23-17-19(31(2,3)4)11-16-25(23)39-6/h7-17,27,35H,1-6H3,(H,32,34)/b28-26+. The van der Waals surface area contributed by atoms with Crippen molar-refractivity contribution in [1.82, 2.24) is 0 Å². The van der Waals surface area contributed by atoms with Gasteiger partial charge in [0.1, 0.15) is 17.3 Å². The van der Waals surface area contributed by atoms with Gasteiger partial charge in [0.2, 0.25) is 5.91 Å². The molecule has 0 radical (unpaired) electrons. The van der Waals surface area contributed by atoms with Gasteiger partial charge in [-0.2, -0.15) is 0 Å². The van der Waals surface area contributed by atoms with Crippen molar-refractivity contribution in [3.05, 3.63) is 89.0 Å². The molecule has 0 aromatic heterocycles. The van der Waals surface area contributed by atoms with Gasteiger partial charge < -0.3 is 19.9 Å². The van der Waals surface area contributed by atoms with Crippen LogP contribution >= 0.6 is 0 Å². The van der Waals surface area contributed by atoms with Crippen LogP contribution in [-0.4, -0.2) is 36.9 Å². The van der Waals surface area contributed by atoms with Crippen molar-refractivity contribution in [3.8, 4) is 11.5 Å². The summed E-state index contributed by atoms with van der Waals surface area (Å²) in [7, 11) is 2.98. The first kappa shape index (κ1) is 27.4. The predicted octanol–water partition coefficient (Wildman–Crippen LogP) is 5.59. The molecule has 2 N–H and O–H groups in total. The second-order valence-corrected chi connectivity index (χ2v) is 10.3. The Hall–Kier alpha value is -4.59. The van der Waals surface area contributed by atoms with E-state index in [0.29, 0.717) is 34.0 Å². The smallest absolute Gasteiger partial charge is 0.300 e. The van der Waals surface area contributed by atoms with Crippen molar-refractivity contribution in [2.75, 3.05) is 24.4 Å². The van der Waals surface area contributed by atoms with Gasteiger partial charge in [0, 0.05) is 23.9 Å². The number of aliphatic hydroxyl groups is 1. The Labute approximate surface area is 227 Å².